The van der Waals surface area contributed by atoms with Crippen molar-refractivity contribution in [1.29, 1.82) is 0 Å². The first-order valence-corrected chi connectivity index (χ1v) is 3.65. The number of imide groups is 2. The molecule has 0 atom stereocenters. The molecule has 1 heterocycles. The molecule has 6 heteroatoms. The maximum atomic E-state index is 11.1. The quantitative estimate of drug-likeness (QED) is 0.406. The third-order valence-corrected chi connectivity index (χ3v) is 1.77. The van der Waals surface area contributed by atoms with Crippen molar-refractivity contribution < 1.29 is 14.4 Å². The van der Waals surface area contributed by atoms with E-state index >= 15 is 0 Å². The van der Waals surface area contributed by atoms with E-state index in [9.17, 15) is 14.4 Å². The van der Waals surface area contributed by atoms with Crippen LogP contribution in [0.3, 0.4) is 0 Å². The molecule has 0 spiro atoms. The van der Waals surface area contributed by atoms with Gasteiger partial charge in [0.2, 0.25) is 11.8 Å². The number of hydrogen-bond acceptors (Lipinski definition) is 4. The standard InChI is InChI=1S/C7H9N3O3/c1-3(8-2)4-5(11)9-7(13)10-6(4)12/h4H,1-2H3,(H2,9,10,11,12,13). The van der Waals surface area contributed by atoms with Gasteiger partial charge in [0.1, 0.15) is 0 Å². The van der Waals surface area contributed by atoms with E-state index in [1.807, 2.05) is 10.6 Å². The summed E-state index contributed by atoms with van der Waals surface area (Å²) >= 11 is 0. The molecule has 70 valence electrons. The van der Waals surface area contributed by atoms with Gasteiger partial charge in [-0.15, -0.1) is 0 Å². The van der Waals surface area contributed by atoms with Crippen LogP contribution in [0.1, 0.15) is 6.92 Å². The van der Waals surface area contributed by atoms with Crippen LogP contribution in [0.25, 0.3) is 0 Å². The molecule has 1 saturated heterocycles. The fraction of sp³-hybridized carbons (Fsp3) is 0.429. The molecule has 13 heavy (non-hydrogen) atoms. The van der Waals surface area contributed by atoms with Gasteiger partial charge in [-0.25, -0.2) is 4.79 Å². The summed E-state index contributed by atoms with van der Waals surface area (Å²) in [7, 11) is 1.48. The average Bonchev–Trinajstić information content (AvgIpc) is 2.02. The highest BCUT2D eigenvalue weighted by molar-refractivity contribution is 6.27. The summed E-state index contributed by atoms with van der Waals surface area (Å²) in [4.78, 5) is 36.6. The molecule has 0 aromatic heterocycles. The molecule has 1 rings (SSSR count). The van der Waals surface area contributed by atoms with Gasteiger partial charge in [-0.3, -0.25) is 25.2 Å². The maximum absolute atomic E-state index is 11.1. The Hall–Kier alpha value is -1.72. The summed E-state index contributed by atoms with van der Waals surface area (Å²) in [5.74, 6) is -2.24. The lowest BCUT2D eigenvalue weighted by Gasteiger charge is -2.19. The van der Waals surface area contributed by atoms with Crippen molar-refractivity contribution in [3.05, 3.63) is 0 Å². The first kappa shape index (κ1) is 9.37. The van der Waals surface area contributed by atoms with Crippen LogP contribution in [0.4, 0.5) is 4.79 Å². The number of rotatable bonds is 1. The smallest absolute Gasteiger partial charge is 0.296 e. The first-order chi connectivity index (χ1) is 6.06. The lowest BCUT2D eigenvalue weighted by atomic mass is 10.0. The molecule has 1 aliphatic rings. The minimum absolute atomic E-state index is 0.377. The van der Waals surface area contributed by atoms with Crippen LogP contribution in [0.15, 0.2) is 4.99 Å². The van der Waals surface area contributed by atoms with Crippen molar-refractivity contribution in [3.63, 3.8) is 0 Å². The second kappa shape index (κ2) is 3.34. The molecular weight excluding hydrogens is 174 g/mol. The molecular formula is C7H9N3O3. The number of aliphatic imine (C=N–C) groups is 1. The highest BCUT2D eigenvalue weighted by atomic mass is 16.2. The summed E-state index contributed by atoms with van der Waals surface area (Å²) in [6.45, 7) is 1.56. The number of amides is 4. The van der Waals surface area contributed by atoms with Gasteiger partial charge in [0.15, 0.2) is 5.92 Å². The van der Waals surface area contributed by atoms with E-state index in [1.165, 1.54) is 7.05 Å². The SMILES string of the molecule is CN=C(C)C1C(=O)NC(=O)NC1=O. The van der Waals surface area contributed by atoms with Gasteiger partial charge in [-0.05, 0) is 6.92 Å². The monoisotopic (exact) mass is 183 g/mol. The highest BCUT2D eigenvalue weighted by Gasteiger charge is 2.35. The number of hydrogen-bond donors (Lipinski definition) is 2. The Morgan fingerprint density at radius 2 is 1.69 bits per heavy atom. The third kappa shape index (κ3) is 1.71. The van der Waals surface area contributed by atoms with Gasteiger partial charge >= 0.3 is 6.03 Å². The van der Waals surface area contributed by atoms with Crippen LogP contribution in [0, 0.1) is 5.92 Å². The fourth-order valence-corrected chi connectivity index (χ4v) is 1.03. The van der Waals surface area contributed by atoms with E-state index in [0.29, 0.717) is 5.71 Å². The summed E-state index contributed by atoms with van der Waals surface area (Å²) in [6, 6.07) is -0.782. The Labute approximate surface area is 74.4 Å². The van der Waals surface area contributed by atoms with Crippen LogP contribution in [0.5, 0.6) is 0 Å². The summed E-state index contributed by atoms with van der Waals surface area (Å²) < 4.78 is 0. The second-order valence-electron chi connectivity index (χ2n) is 2.61. The van der Waals surface area contributed by atoms with Crippen LogP contribution >= 0.6 is 0 Å². The van der Waals surface area contributed by atoms with Crippen molar-refractivity contribution in [2.75, 3.05) is 7.05 Å². The van der Waals surface area contributed by atoms with Crippen molar-refractivity contribution in [1.82, 2.24) is 10.6 Å². The van der Waals surface area contributed by atoms with Gasteiger partial charge in [-0.1, -0.05) is 0 Å². The van der Waals surface area contributed by atoms with E-state index in [0.717, 1.165) is 0 Å². The summed E-state index contributed by atoms with van der Waals surface area (Å²) in [6.07, 6.45) is 0. The number of urea groups is 1. The zero-order chi connectivity index (χ0) is 10.0. The Balaban J connectivity index is 2.91. The predicted octanol–water partition coefficient (Wildman–Crippen LogP) is -0.941. The van der Waals surface area contributed by atoms with E-state index in [2.05, 4.69) is 4.99 Å². The third-order valence-electron chi connectivity index (χ3n) is 1.77. The predicted molar refractivity (Wildman–Crippen MR) is 44.2 cm³/mol. The minimum atomic E-state index is -0.984. The molecule has 2 N–H and O–H groups in total. The number of carbonyl (C=O) groups is 3. The zero-order valence-corrected chi connectivity index (χ0v) is 7.25. The summed E-state index contributed by atoms with van der Waals surface area (Å²) in [5, 5.41) is 3.97. The summed E-state index contributed by atoms with van der Waals surface area (Å²) in [5.41, 5.74) is 0.377. The minimum Gasteiger partial charge on any atom is -0.296 e. The van der Waals surface area contributed by atoms with Gasteiger partial charge < -0.3 is 0 Å². The average molecular weight is 183 g/mol. The second-order valence-corrected chi connectivity index (χ2v) is 2.61. The first-order valence-electron chi connectivity index (χ1n) is 3.65. The topological polar surface area (TPSA) is 87.6 Å². The number of nitrogens with zero attached hydrogens (tertiary/aromatic N) is 1. The molecule has 0 aliphatic carbocycles. The van der Waals surface area contributed by atoms with E-state index in [1.54, 1.807) is 6.92 Å². The van der Waals surface area contributed by atoms with E-state index in [4.69, 9.17) is 0 Å². The number of nitrogens with one attached hydrogen (secondary N) is 2. The van der Waals surface area contributed by atoms with Gasteiger partial charge in [0.25, 0.3) is 0 Å². The molecule has 1 aliphatic heterocycles. The van der Waals surface area contributed by atoms with E-state index < -0.39 is 23.8 Å². The van der Waals surface area contributed by atoms with Crippen LogP contribution in [-0.2, 0) is 9.59 Å². The van der Waals surface area contributed by atoms with Gasteiger partial charge in [0, 0.05) is 12.8 Å². The molecule has 0 aromatic rings. The molecule has 1 fully saturated rings. The van der Waals surface area contributed by atoms with Gasteiger partial charge in [0.05, 0.1) is 0 Å². The molecule has 6 nitrogen and oxygen atoms in total. The van der Waals surface area contributed by atoms with E-state index in [-0.39, 0.29) is 0 Å². The molecule has 0 bridgehead atoms. The maximum Gasteiger partial charge on any atom is 0.328 e. The molecule has 0 unspecified atom stereocenters. The molecule has 0 radical (unpaired) electrons. The fourth-order valence-electron chi connectivity index (χ4n) is 1.03. The Morgan fingerprint density at radius 1 is 1.23 bits per heavy atom. The molecule has 4 amide bonds. The molecule has 0 saturated carbocycles. The number of carbonyl (C=O) groups excluding carboxylic acids is 3. The van der Waals surface area contributed by atoms with Crippen molar-refractivity contribution in [2.45, 2.75) is 6.92 Å². The van der Waals surface area contributed by atoms with Crippen LogP contribution < -0.4 is 10.6 Å². The lowest BCUT2D eigenvalue weighted by molar-refractivity contribution is -0.132. The Kier molecular flexibility index (Phi) is 2.41. The van der Waals surface area contributed by atoms with Crippen LogP contribution in [-0.4, -0.2) is 30.6 Å². The van der Waals surface area contributed by atoms with Crippen molar-refractivity contribution >= 4 is 23.6 Å². The molecule has 0 aromatic carbocycles. The van der Waals surface area contributed by atoms with Crippen LogP contribution in [0.2, 0.25) is 0 Å². The largest absolute Gasteiger partial charge is 0.328 e. The Bertz CT molecular complexity index is 288. The van der Waals surface area contributed by atoms with Crippen molar-refractivity contribution in [2.24, 2.45) is 10.9 Å². The van der Waals surface area contributed by atoms with Crippen molar-refractivity contribution in [3.8, 4) is 0 Å². The van der Waals surface area contributed by atoms with Gasteiger partial charge in [-0.2, -0.15) is 0 Å². The number of barbiturate groups is 1. The normalized spacial score (nSPS) is 19.8. The lowest BCUT2D eigenvalue weighted by Crippen LogP contribution is -2.57. The Morgan fingerprint density at radius 3 is 2.08 bits per heavy atom. The highest BCUT2D eigenvalue weighted by Crippen LogP contribution is 2.04. The zero-order valence-electron chi connectivity index (χ0n) is 7.25.